The smallest absolute Gasteiger partial charge is 0.292 e. The van der Waals surface area contributed by atoms with Gasteiger partial charge in [0, 0.05) is 35.7 Å². The molecule has 1 saturated heterocycles. The van der Waals surface area contributed by atoms with Gasteiger partial charge in [-0.15, -0.1) is 0 Å². The fraction of sp³-hybridized carbons (Fsp3) is 0.370. The summed E-state index contributed by atoms with van der Waals surface area (Å²) in [6, 6.07) is 17.3. The van der Waals surface area contributed by atoms with Crippen molar-refractivity contribution in [2.45, 2.75) is 51.6 Å². The fourth-order valence-electron chi connectivity index (χ4n) is 4.58. The van der Waals surface area contributed by atoms with Crippen molar-refractivity contribution < 1.29 is 14.4 Å². The molecule has 0 aliphatic carbocycles. The third-order valence-electron chi connectivity index (χ3n) is 6.19. The lowest BCUT2D eigenvalue weighted by atomic mass is 9.94. The van der Waals surface area contributed by atoms with E-state index >= 15 is 0 Å². The molecule has 0 atom stereocenters. The van der Waals surface area contributed by atoms with Gasteiger partial charge in [0.25, 0.3) is 11.7 Å². The van der Waals surface area contributed by atoms with Crippen LogP contribution in [-0.2, 0) is 22.6 Å². The van der Waals surface area contributed by atoms with Gasteiger partial charge in [0.05, 0.1) is 5.56 Å². The normalized spacial score (nSPS) is 14.3. The summed E-state index contributed by atoms with van der Waals surface area (Å²) in [4.78, 5) is 40.8. The number of fused-ring (bicyclic) bond motifs is 1. The molecule has 0 radical (unpaired) electrons. The zero-order chi connectivity index (χ0) is 23.4. The number of hydrogen-bond acceptors (Lipinski definition) is 3. The maximum Gasteiger partial charge on any atom is 0.292 e. The third-order valence-corrected chi connectivity index (χ3v) is 6.19. The number of amides is 2. The third kappa shape index (κ3) is 5.33. The first-order valence-corrected chi connectivity index (χ1v) is 11.6. The summed E-state index contributed by atoms with van der Waals surface area (Å²) >= 11 is 0. The number of piperidine rings is 1. The van der Waals surface area contributed by atoms with Crippen LogP contribution in [0, 0.1) is 0 Å². The highest BCUT2D eigenvalue weighted by Gasteiger charge is 2.28. The van der Waals surface area contributed by atoms with Crippen LogP contribution in [0.5, 0.6) is 0 Å². The highest BCUT2D eigenvalue weighted by atomic mass is 16.2. The topological polar surface area (TPSA) is 71.4 Å². The molecule has 1 fully saturated rings. The second-order valence-corrected chi connectivity index (χ2v) is 9.46. The Bertz CT molecular complexity index is 1160. The average molecular weight is 446 g/mol. The molecule has 1 aromatic heterocycles. The first kappa shape index (κ1) is 22.8. The van der Waals surface area contributed by atoms with Gasteiger partial charge >= 0.3 is 0 Å². The lowest BCUT2D eigenvalue weighted by Gasteiger charge is -2.27. The van der Waals surface area contributed by atoms with Crippen LogP contribution in [0.3, 0.4) is 0 Å². The number of ketones is 1. The molecule has 2 aromatic carbocycles. The second kappa shape index (κ2) is 9.61. The molecule has 172 valence electrons. The highest BCUT2D eigenvalue weighted by molar-refractivity contribution is 6.45. The van der Waals surface area contributed by atoms with Crippen LogP contribution in [-0.4, -0.2) is 45.7 Å². The fourth-order valence-corrected chi connectivity index (χ4v) is 4.58. The number of carbonyl (C=O) groups excluding carboxylic acids is 3. The van der Waals surface area contributed by atoms with E-state index in [9.17, 15) is 14.4 Å². The van der Waals surface area contributed by atoms with Crippen molar-refractivity contribution >= 4 is 28.5 Å². The van der Waals surface area contributed by atoms with Crippen molar-refractivity contribution in [1.82, 2.24) is 14.8 Å². The Kier molecular flexibility index (Phi) is 6.63. The van der Waals surface area contributed by atoms with Gasteiger partial charge in [0.1, 0.15) is 6.54 Å². The van der Waals surface area contributed by atoms with E-state index in [0.29, 0.717) is 17.4 Å². The molecule has 1 aliphatic heterocycles. The molecule has 6 nitrogen and oxygen atoms in total. The molecule has 1 aliphatic rings. The van der Waals surface area contributed by atoms with E-state index in [1.54, 1.807) is 10.8 Å². The average Bonchev–Trinajstić information content (AvgIpc) is 3.17. The minimum Gasteiger partial charge on any atom is -0.344 e. The van der Waals surface area contributed by atoms with Gasteiger partial charge in [0.2, 0.25) is 5.91 Å². The van der Waals surface area contributed by atoms with Gasteiger partial charge in [-0.05, 0) is 51.2 Å². The Balaban J connectivity index is 1.53. The Morgan fingerprint density at radius 1 is 0.909 bits per heavy atom. The number of likely N-dealkylation sites (tertiary alicyclic amines) is 1. The number of hydrogen-bond donors (Lipinski definition) is 1. The Morgan fingerprint density at radius 3 is 2.30 bits per heavy atom. The summed E-state index contributed by atoms with van der Waals surface area (Å²) < 4.78 is 1.79. The molecular weight excluding hydrogens is 414 g/mol. The van der Waals surface area contributed by atoms with Crippen molar-refractivity contribution in [2.24, 2.45) is 0 Å². The summed E-state index contributed by atoms with van der Waals surface area (Å²) in [5, 5.41) is 3.58. The first-order valence-electron chi connectivity index (χ1n) is 11.6. The van der Waals surface area contributed by atoms with Gasteiger partial charge in [-0.3, -0.25) is 14.4 Å². The standard InChI is InChI=1S/C27H31N3O3/c1-27(2,17-20-11-5-3-6-12-20)28-26(33)25(32)22-18-30(23-14-8-7-13-21(22)23)19-24(31)29-15-9-4-10-16-29/h3,5-8,11-14,18H,4,9-10,15-17,19H2,1-2H3,(H,28,33). The number of carbonyl (C=O) groups is 3. The van der Waals surface area contributed by atoms with Crippen LogP contribution in [0.2, 0.25) is 0 Å². The predicted octanol–water partition coefficient (Wildman–Crippen LogP) is 3.97. The van der Waals surface area contributed by atoms with E-state index in [-0.39, 0.29) is 12.5 Å². The minimum atomic E-state index is -0.638. The van der Waals surface area contributed by atoms with Gasteiger partial charge in [-0.2, -0.15) is 0 Å². The summed E-state index contributed by atoms with van der Waals surface area (Å²) in [7, 11) is 0. The van der Waals surface area contributed by atoms with Gasteiger partial charge in [-0.25, -0.2) is 0 Å². The zero-order valence-electron chi connectivity index (χ0n) is 19.3. The van der Waals surface area contributed by atoms with Crippen molar-refractivity contribution in [1.29, 1.82) is 0 Å². The van der Waals surface area contributed by atoms with Crippen molar-refractivity contribution in [3.63, 3.8) is 0 Å². The maximum absolute atomic E-state index is 13.2. The van der Waals surface area contributed by atoms with E-state index < -0.39 is 17.2 Å². The summed E-state index contributed by atoms with van der Waals surface area (Å²) in [5.74, 6) is -1.18. The molecule has 0 spiro atoms. The Hall–Kier alpha value is -3.41. The van der Waals surface area contributed by atoms with E-state index in [4.69, 9.17) is 0 Å². The van der Waals surface area contributed by atoms with Crippen LogP contribution in [0.1, 0.15) is 49.0 Å². The number of aromatic nitrogens is 1. The van der Waals surface area contributed by atoms with Crippen molar-refractivity contribution in [3.8, 4) is 0 Å². The number of nitrogens with one attached hydrogen (secondary N) is 1. The van der Waals surface area contributed by atoms with E-state index in [0.717, 1.165) is 43.4 Å². The number of Topliss-reactive ketones (excluding diaryl/α,β-unsaturated/α-hetero) is 1. The Labute approximate surface area is 194 Å². The van der Waals surface area contributed by atoms with Crippen LogP contribution >= 0.6 is 0 Å². The SMILES string of the molecule is CC(C)(Cc1ccccc1)NC(=O)C(=O)c1cn(CC(=O)N2CCCCC2)c2ccccc12. The molecule has 0 saturated carbocycles. The minimum absolute atomic E-state index is 0.0444. The van der Waals surface area contributed by atoms with E-state index in [2.05, 4.69) is 5.32 Å². The molecule has 3 aromatic rings. The van der Waals surface area contributed by atoms with Crippen LogP contribution in [0.15, 0.2) is 60.8 Å². The molecule has 2 amide bonds. The number of para-hydroxylation sites is 1. The number of nitrogens with zero attached hydrogens (tertiary/aromatic N) is 2. The lowest BCUT2D eigenvalue weighted by molar-refractivity contribution is -0.132. The van der Waals surface area contributed by atoms with E-state index in [1.165, 1.54) is 0 Å². The number of benzene rings is 2. The molecule has 4 rings (SSSR count). The van der Waals surface area contributed by atoms with Crippen molar-refractivity contribution in [2.75, 3.05) is 13.1 Å². The lowest BCUT2D eigenvalue weighted by Crippen LogP contribution is -2.47. The first-order chi connectivity index (χ1) is 15.8. The second-order valence-electron chi connectivity index (χ2n) is 9.46. The maximum atomic E-state index is 13.2. The zero-order valence-corrected chi connectivity index (χ0v) is 19.3. The summed E-state index contributed by atoms with van der Waals surface area (Å²) in [6.45, 7) is 5.54. The Morgan fingerprint density at radius 2 is 1.58 bits per heavy atom. The van der Waals surface area contributed by atoms with Crippen LogP contribution in [0.25, 0.3) is 10.9 Å². The highest BCUT2D eigenvalue weighted by Crippen LogP contribution is 2.23. The van der Waals surface area contributed by atoms with Crippen LogP contribution < -0.4 is 5.32 Å². The van der Waals surface area contributed by atoms with Gasteiger partial charge < -0.3 is 14.8 Å². The number of rotatable bonds is 7. The largest absolute Gasteiger partial charge is 0.344 e. The van der Waals surface area contributed by atoms with Gasteiger partial charge in [-0.1, -0.05) is 48.5 Å². The quantitative estimate of drug-likeness (QED) is 0.442. The summed E-state index contributed by atoms with van der Waals surface area (Å²) in [6.07, 6.45) is 5.48. The molecule has 2 heterocycles. The molecule has 0 bridgehead atoms. The van der Waals surface area contributed by atoms with Gasteiger partial charge in [0.15, 0.2) is 0 Å². The molecular formula is C27H31N3O3. The van der Waals surface area contributed by atoms with Crippen molar-refractivity contribution in [3.05, 3.63) is 71.9 Å². The molecule has 0 unspecified atom stereocenters. The molecule has 1 N–H and O–H groups in total. The monoisotopic (exact) mass is 445 g/mol. The molecule has 33 heavy (non-hydrogen) atoms. The summed E-state index contributed by atoms with van der Waals surface area (Å²) in [5.41, 5.74) is 1.60. The van der Waals surface area contributed by atoms with E-state index in [1.807, 2.05) is 73.3 Å². The van der Waals surface area contributed by atoms with Crippen LogP contribution in [0.4, 0.5) is 0 Å². The molecule has 6 heteroatoms. The predicted molar refractivity (Wildman–Crippen MR) is 129 cm³/mol.